The lowest BCUT2D eigenvalue weighted by Crippen LogP contribution is -2.41. The number of carbonyl (C=O) groups excluding carboxylic acids is 2. The first kappa shape index (κ1) is 21.1. The van der Waals surface area contributed by atoms with Crippen LogP contribution in [0.5, 0.6) is 0 Å². The van der Waals surface area contributed by atoms with Crippen LogP contribution in [-0.4, -0.2) is 58.6 Å². The van der Waals surface area contributed by atoms with Gasteiger partial charge < -0.3 is 20.1 Å². The van der Waals surface area contributed by atoms with Gasteiger partial charge in [0.25, 0.3) is 0 Å². The molecule has 1 saturated heterocycles. The highest BCUT2D eigenvalue weighted by Crippen LogP contribution is 2.26. The van der Waals surface area contributed by atoms with Crippen LogP contribution in [0.2, 0.25) is 0 Å². The molecule has 0 aromatic heterocycles. The quantitative estimate of drug-likeness (QED) is 0.491. The van der Waals surface area contributed by atoms with Crippen LogP contribution in [0, 0.1) is 0 Å². The third kappa shape index (κ3) is 5.91. The van der Waals surface area contributed by atoms with E-state index < -0.39 is 28.1 Å². The van der Waals surface area contributed by atoms with E-state index in [1.54, 1.807) is 32.0 Å². The van der Waals surface area contributed by atoms with Gasteiger partial charge in [-0.3, -0.25) is 13.9 Å². The number of rotatable bonds is 8. The van der Waals surface area contributed by atoms with Crippen molar-refractivity contribution in [3.8, 4) is 0 Å². The van der Waals surface area contributed by atoms with Crippen molar-refractivity contribution in [3.05, 3.63) is 24.3 Å². The maximum absolute atomic E-state index is 12.1. The van der Waals surface area contributed by atoms with Gasteiger partial charge in [0.2, 0.25) is 10.0 Å². The van der Waals surface area contributed by atoms with Crippen molar-refractivity contribution in [1.82, 2.24) is 5.32 Å². The smallest absolute Gasteiger partial charge is 0.313 e. The molecule has 27 heavy (non-hydrogen) atoms. The van der Waals surface area contributed by atoms with Crippen molar-refractivity contribution in [2.75, 3.05) is 41.7 Å². The van der Waals surface area contributed by atoms with Gasteiger partial charge in [-0.05, 0) is 38.5 Å². The predicted octanol–water partition coefficient (Wildman–Crippen LogP) is 0.680. The average Bonchev–Trinajstić information content (AvgIpc) is 2.99. The van der Waals surface area contributed by atoms with Crippen LogP contribution in [-0.2, 0) is 29.1 Å². The minimum absolute atomic E-state index is 0.0417. The van der Waals surface area contributed by atoms with E-state index in [1.165, 1.54) is 10.4 Å². The number of sulfonamides is 1. The molecule has 0 bridgehead atoms. The Morgan fingerprint density at radius 3 is 2.48 bits per heavy atom. The second-order valence-electron chi connectivity index (χ2n) is 5.80. The Labute approximate surface area is 159 Å². The van der Waals surface area contributed by atoms with Gasteiger partial charge in [-0.2, -0.15) is 0 Å². The maximum atomic E-state index is 12.1. The van der Waals surface area contributed by atoms with Gasteiger partial charge in [-0.15, -0.1) is 0 Å². The number of benzene rings is 1. The average molecular weight is 399 g/mol. The highest BCUT2D eigenvalue weighted by molar-refractivity contribution is 7.93. The van der Waals surface area contributed by atoms with E-state index in [0.29, 0.717) is 37.6 Å². The zero-order chi connectivity index (χ0) is 19.9. The van der Waals surface area contributed by atoms with Crippen LogP contribution >= 0.6 is 0 Å². The SMILES string of the molecule is CCOC(CNC(=O)C(=O)Nc1cccc(N2CCCS2(=O)=O)c1)OCC. The summed E-state index contributed by atoms with van der Waals surface area (Å²) in [6, 6.07) is 6.38. The van der Waals surface area contributed by atoms with Crippen LogP contribution in [0.1, 0.15) is 20.3 Å². The van der Waals surface area contributed by atoms with Crippen LogP contribution < -0.4 is 14.9 Å². The monoisotopic (exact) mass is 399 g/mol. The fraction of sp³-hybridized carbons (Fsp3) is 0.529. The van der Waals surface area contributed by atoms with Gasteiger partial charge in [-0.25, -0.2) is 8.42 Å². The molecule has 1 aliphatic rings. The van der Waals surface area contributed by atoms with E-state index >= 15 is 0 Å². The number of anilines is 2. The van der Waals surface area contributed by atoms with Crippen LogP contribution in [0.3, 0.4) is 0 Å². The van der Waals surface area contributed by atoms with Gasteiger partial charge in [0.05, 0.1) is 18.0 Å². The van der Waals surface area contributed by atoms with Gasteiger partial charge in [0.1, 0.15) is 0 Å². The molecule has 1 heterocycles. The highest BCUT2D eigenvalue weighted by atomic mass is 32.2. The van der Waals surface area contributed by atoms with Crippen molar-refractivity contribution in [2.24, 2.45) is 0 Å². The summed E-state index contributed by atoms with van der Waals surface area (Å²) in [6.45, 7) is 4.87. The van der Waals surface area contributed by atoms with Crippen molar-refractivity contribution in [3.63, 3.8) is 0 Å². The molecule has 1 aliphatic heterocycles. The molecule has 1 fully saturated rings. The molecule has 0 saturated carbocycles. The van der Waals surface area contributed by atoms with E-state index in [1.807, 2.05) is 0 Å². The summed E-state index contributed by atoms with van der Waals surface area (Å²) in [5.41, 5.74) is 0.791. The first-order valence-corrected chi connectivity index (χ1v) is 10.4. The summed E-state index contributed by atoms with van der Waals surface area (Å²) < 4.78 is 35.9. The number of nitrogens with zero attached hydrogens (tertiary/aromatic N) is 1. The molecular formula is C17H25N3O6S. The highest BCUT2D eigenvalue weighted by Gasteiger charge is 2.28. The first-order valence-electron chi connectivity index (χ1n) is 8.80. The zero-order valence-electron chi connectivity index (χ0n) is 15.4. The maximum Gasteiger partial charge on any atom is 0.313 e. The molecule has 0 atom stereocenters. The summed E-state index contributed by atoms with van der Waals surface area (Å²) in [7, 11) is -3.32. The van der Waals surface area contributed by atoms with Gasteiger partial charge in [0, 0.05) is 25.4 Å². The van der Waals surface area contributed by atoms with Crippen LogP contribution in [0.25, 0.3) is 0 Å². The van der Waals surface area contributed by atoms with E-state index in [2.05, 4.69) is 10.6 Å². The molecular weight excluding hydrogens is 374 g/mol. The minimum Gasteiger partial charge on any atom is -0.351 e. The molecule has 9 nitrogen and oxygen atoms in total. The Kier molecular flexibility index (Phi) is 7.57. The van der Waals surface area contributed by atoms with E-state index in [4.69, 9.17) is 9.47 Å². The molecule has 1 aromatic carbocycles. The van der Waals surface area contributed by atoms with Crippen molar-refractivity contribution in [2.45, 2.75) is 26.6 Å². The largest absolute Gasteiger partial charge is 0.351 e. The molecule has 2 N–H and O–H groups in total. The Morgan fingerprint density at radius 2 is 1.89 bits per heavy atom. The summed E-state index contributed by atoms with van der Waals surface area (Å²) in [6.07, 6.45) is -0.0669. The summed E-state index contributed by atoms with van der Waals surface area (Å²) in [5, 5.41) is 4.91. The second-order valence-corrected chi connectivity index (χ2v) is 7.81. The topological polar surface area (TPSA) is 114 Å². The van der Waals surface area contributed by atoms with Crippen LogP contribution in [0.4, 0.5) is 11.4 Å². The number of hydrogen-bond donors (Lipinski definition) is 2. The summed E-state index contributed by atoms with van der Waals surface area (Å²) in [5.74, 6) is -1.59. The molecule has 0 unspecified atom stereocenters. The van der Waals surface area contributed by atoms with Crippen LogP contribution in [0.15, 0.2) is 24.3 Å². The first-order chi connectivity index (χ1) is 12.9. The molecule has 150 valence electrons. The molecule has 2 rings (SSSR count). The molecule has 0 spiro atoms. The number of ether oxygens (including phenoxy) is 2. The van der Waals surface area contributed by atoms with E-state index in [0.717, 1.165) is 0 Å². The van der Waals surface area contributed by atoms with Gasteiger partial charge in [0.15, 0.2) is 6.29 Å². The number of amides is 2. The van der Waals surface area contributed by atoms with Gasteiger partial charge in [-0.1, -0.05) is 6.07 Å². The molecule has 0 aliphatic carbocycles. The Morgan fingerprint density at radius 1 is 1.19 bits per heavy atom. The van der Waals surface area contributed by atoms with Crippen molar-refractivity contribution in [1.29, 1.82) is 0 Å². The third-order valence-corrected chi connectivity index (χ3v) is 5.70. The summed E-state index contributed by atoms with van der Waals surface area (Å²) in [4.78, 5) is 24.0. The number of carbonyl (C=O) groups is 2. The van der Waals surface area contributed by atoms with Crippen molar-refractivity contribution < 1.29 is 27.5 Å². The summed E-state index contributed by atoms with van der Waals surface area (Å²) >= 11 is 0. The Hall–Kier alpha value is -2.17. The fourth-order valence-electron chi connectivity index (χ4n) is 2.65. The van der Waals surface area contributed by atoms with E-state index in [-0.39, 0.29) is 12.3 Å². The minimum atomic E-state index is -3.32. The lowest BCUT2D eigenvalue weighted by Gasteiger charge is -2.18. The zero-order valence-corrected chi connectivity index (χ0v) is 16.3. The number of nitrogens with one attached hydrogen (secondary N) is 2. The third-order valence-electron chi connectivity index (χ3n) is 3.83. The number of hydrogen-bond acceptors (Lipinski definition) is 6. The lowest BCUT2D eigenvalue weighted by molar-refractivity contribution is -0.145. The standard InChI is InChI=1S/C17H25N3O6S/c1-3-25-15(26-4-2)12-18-16(21)17(22)19-13-7-5-8-14(11-13)20-9-6-10-27(20,23)24/h5,7-8,11,15H,3-4,6,9-10,12H2,1-2H3,(H,18,21)(H,19,22). The second kappa shape index (κ2) is 9.67. The molecule has 1 aromatic rings. The van der Waals surface area contributed by atoms with Crippen molar-refractivity contribution >= 4 is 33.2 Å². The predicted molar refractivity (Wildman–Crippen MR) is 101 cm³/mol. The Balaban J connectivity index is 1.95. The fourth-order valence-corrected chi connectivity index (χ4v) is 4.21. The normalized spacial score (nSPS) is 15.7. The lowest BCUT2D eigenvalue weighted by atomic mass is 10.2. The molecule has 10 heteroatoms. The molecule has 2 amide bonds. The molecule has 0 radical (unpaired) electrons. The van der Waals surface area contributed by atoms with E-state index in [9.17, 15) is 18.0 Å². The Bertz CT molecular complexity index is 762. The van der Waals surface area contributed by atoms with Gasteiger partial charge >= 0.3 is 11.8 Å².